The van der Waals surface area contributed by atoms with Gasteiger partial charge in [-0.25, -0.2) is 4.79 Å². The van der Waals surface area contributed by atoms with Crippen molar-refractivity contribution in [3.05, 3.63) is 65.7 Å². The van der Waals surface area contributed by atoms with Crippen LogP contribution in [-0.4, -0.2) is 44.3 Å². The van der Waals surface area contributed by atoms with E-state index in [-0.39, 0.29) is 23.9 Å². The molecule has 0 bridgehead atoms. The van der Waals surface area contributed by atoms with Gasteiger partial charge in [0.15, 0.2) is 5.82 Å². The van der Waals surface area contributed by atoms with Gasteiger partial charge in [-0.3, -0.25) is 4.98 Å². The molecule has 196 valence electrons. The number of carbonyl (C=O) groups is 1. The monoisotopic (exact) mass is 514 g/mol. The van der Waals surface area contributed by atoms with E-state index in [9.17, 15) is 18.0 Å². The molecule has 2 aliphatic carbocycles. The van der Waals surface area contributed by atoms with E-state index in [0.717, 1.165) is 37.9 Å². The summed E-state index contributed by atoms with van der Waals surface area (Å²) in [5.74, 6) is 0.768. The molecule has 1 unspecified atom stereocenters. The molecular formula is C27H29F3N4O3. The molecule has 2 fully saturated rings. The number of hydrogen-bond donors (Lipinski definition) is 0. The van der Waals surface area contributed by atoms with Gasteiger partial charge in [-0.05, 0) is 57.7 Å². The molecule has 0 radical (unpaired) electrons. The molecule has 2 saturated carbocycles. The first-order chi connectivity index (χ1) is 17.5. The van der Waals surface area contributed by atoms with Gasteiger partial charge in [0.05, 0.1) is 11.0 Å². The van der Waals surface area contributed by atoms with E-state index < -0.39 is 22.9 Å². The van der Waals surface area contributed by atoms with Crippen LogP contribution in [0.15, 0.2) is 53.2 Å². The lowest BCUT2D eigenvalue weighted by Crippen LogP contribution is -2.50. The minimum absolute atomic E-state index is 0.000194. The molecule has 1 aromatic carbocycles. The maximum absolute atomic E-state index is 13.3. The van der Waals surface area contributed by atoms with Crippen LogP contribution >= 0.6 is 0 Å². The number of hydrogen-bond acceptors (Lipinski definition) is 6. The lowest BCUT2D eigenvalue weighted by molar-refractivity contribution is -0.141. The van der Waals surface area contributed by atoms with Crippen molar-refractivity contribution < 1.29 is 27.2 Å². The molecule has 2 atom stereocenters. The minimum atomic E-state index is -4.53. The molecule has 1 amide bonds. The number of halogens is 3. The van der Waals surface area contributed by atoms with Crippen molar-refractivity contribution in [2.75, 3.05) is 6.54 Å². The Kier molecular flexibility index (Phi) is 6.24. The van der Waals surface area contributed by atoms with Crippen LogP contribution < -0.4 is 0 Å². The molecule has 3 aromatic rings. The van der Waals surface area contributed by atoms with Crippen LogP contribution in [0, 0.1) is 0 Å². The van der Waals surface area contributed by atoms with Crippen LogP contribution in [0.25, 0.3) is 11.5 Å². The van der Waals surface area contributed by atoms with Crippen molar-refractivity contribution in [1.82, 2.24) is 20.0 Å². The molecule has 7 nitrogen and oxygen atoms in total. The van der Waals surface area contributed by atoms with Crippen molar-refractivity contribution in [3.8, 4) is 11.5 Å². The molecule has 2 aliphatic rings. The predicted molar refractivity (Wildman–Crippen MR) is 129 cm³/mol. The Morgan fingerprint density at radius 1 is 1.14 bits per heavy atom. The van der Waals surface area contributed by atoms with E-state index in [1.807, 2.05) is 39.0 Å². The van der Waals surface area contributed by atoms with Crippen LogP contribution in [0.3, 0.4) is 0 Å². The zero-order valence-corrected chi connectivity index (χ0v) is 21.0. The molecule has 0 saturated heterocycles. The van der Waals surface area contributed by atoms with E-state index in [4.69, 9.17) is 9.26 Å². The fourth-order valence-corrected chi connectivity index (χ4v) is 4.85. The average molecular weight is 515 g/mol. The standard InChI is InChI=1S/C27H29F3N4O3/c1-25(2,3)36-24(35)34(20-14-19(20)17-8-5-4-6-9-17)16-26(12-7-13-26)23-32-22(37-33-23)18-10-11-21(31-15-18)27(28,29)30/h4-6,8-11,15,19-20H,7,12-14,16H2,1-3H3/t19?,20-/m0/s1. The quantitative estimate of drug-likeness (QED) is 0.381. The third-order valence-corrected chi connectivity index (χ3v) is 7.00. The largest absolute Gasteiger partial charge is 0.444 e. The number of pyridine rings is 1. The summed E-state index contributed by atoms with van der Waals surface area (Å²) in [6.07, 6.45) is -0.513. The van der Waals surface area contributed by atoms with Gasteiger partial charge in [0.2, 0.25) is 0 Å². The number of carbonyl (C=O) groups excluding carboxylic acids is 1. The molecule has 0 spiro atoms. The minimum Gasteiger partial charge on any atom is -0.444 e. The smallest absolute Gasteiger partial charge is 0.433 e. The summed E-state index contributed by atoms with van der Waals surface area (Å²) >= 11 is 0. The van der Waals surface area contributed by atoms with Gasteiger partial charge in [0, 0.05) is 24.7 Å². The average Bonchev–Trinajstić information content (AvgIpc) is 3.44. The van der Waals surface area contributed by atoms with Gasteiger partial charge < -0.3 is 14.2 Å². The molecule has 37 heavy (non-hydrogen) atoms. The van der Waals surface area contributed by atoms with Crippen LogP contribution in [0.5, 0.6) is 0 Å². The Morgan fingerprint density at radius 2 is 1.86 bits per heavy atom. The first-order valence-electron chi connectivity index (χ1n) is 12.4. The van der Waals surface area contributed by atoms with Crippen molar-refractivity contribution in [2.24, 2.45) is 0 Å². The maximum atomic E-state index is 13.3. The number of alkyl halides is 3. The SMILES string of the molecule is CC(C)(C)OC(=O)N(CC1(c2noc(-c3ccc(C(F)(F)F)nc3)n2)CCC1)[C@H]1CC1c1ccccc1. The first kappa shape index (κ1) is 25.2. The molecule has 2 aromatic heterocycles. The lowest BCUT2D eigenvalue weighted by Gasteiger charge is -2.43. The van der Waals surface area contributed by atoms with E-state index in [2.05, 4.69) is 27.3 Å². The van der Waals surface area contributed by atoms with Crippen molar-refractivity contribution in [3.63, 3.8) is 0 Å². The molecule has 5 rings (SSSR count). The van der Waals surface area contributed by atoms with Gasteiger partial charge in [-0.2, -0.15) is 18.2 Å². The zero-order valence-electron chi connectivity index (χ0n) is 21.0. The van der Waals surface area contributed by atoms with Gasteiger partial charge in [0.25, 0.3) is 5.89 Å². The Hall–Kier alpha value is -3.43. The van der Waals surface area contributed by atoms with E-state index in [1.54, 1.807) is 4.90 Å². The van der Waals surface area contributed by atoms with Crippen LogP contribution in [0.2, 0.25) is 0 Å². The van der Waals surface area contributed by atoms with Crippen LogP contribution in [0.1, 0.15) is 69.5 Å². The third-order valence-electron chi connectivity index (χ3n) is 7.00. The Balaban J connectivity index is 1.39. The van der Waals surface area contributed by atoms with Crippen molar-refractivity contribution in [1.29, 1.82) is 0 Å². The summed E-state index contributed by atoms with van der Waals surface area (Å²) in [4.78, 5) is 23.2. The normalized spacial score (nSPS) is 20.7. The second-order valence-electron chi connectivity index (χ2n) is 10.9. The number of rotatable bonds is 6. The van der Waals surface area contributed by atoms with E-state index >= 15 is 0 Å². The molecular weight excluding hydrogens is 485 g/mol. The second kappa shape index (κ2) is 9.15. The van der Waals surface area contributed by atoms with Gasteiger partial charge in [0.1, 0.15) is 11.3 Å². The van der Waals surface area contributed by atoms with Crippen LogP contribution in [0.4, 0.5) is 18.0 Å². The summed E-state index contributed by atoms with van der Waals surface area (Å²) in [5.41, 5.74) is -0.663. The predicted octanol–water partition coefficient (Wildman–Crippen LogP) is 6.37. The topological polar surface area (TPSA) is 81.4 Å². The number of benzene rings is 1. The number of aromatic nitrogens is 3. The first-order valence-corrected chi connectivity index (χ1v) is 12.4. The maximum Gasteiger partial charge on any atom is 0.433 e. The fourth-order valence-electron chi connectivity index (χ4n) is 4.85. The molecule has 10 heteroatoms. The summed E-state index contributed by atoms with van der Waals surface area (Å²) in [5, 5.41) is 4.19. The highest BCUT2D eigenvalue weighted by molar-refractivity contribution is 5.70. The summed E-state index contributed by atoms with van der Waals surface area (Å²) < 4.78 is 49.8. The number of nitrogens with zero attached hydrogens (tertiary/aromatic N) is 4. The summed E-state index contributed by atoms with van der Waals surface area (Å²) in [6.45, 7) is 5.90. The van der Waals surface area contributed by atoms with E-state index in [0.29, 0.717) is 17.9 Å². The highest BCUT2D eigenvalue weighted by atomic mass is 19.4. The fraction of sp³-hybridized carbons (Fsp3) is 0.481. The molecule has 2 heterocycles. The molecule has 0 N–H and O–H groups in total. The third kappa shape index (κ3) is 5.33. The summed E-state index contributed by atoms with van der Waals surface area (Å²) in [6, 6.07) is 12.2. The number of amides is 1. The number of ether oxygens (including phenoxy) is 1. The van der Waals surface area contributed by atoms with Crippen molar-refractivity contribution >= 4 is 6.09 Å². The van der Waals surface area contributed by atoms with E-state index in [1.165, 1.54) is 11.6 Å². The highest BCUT2D eigenvalue weighted by Gasteiger charge is 2.52. The van der Waals surface area contributed by atoms with Crippen molar-refractivity contribution in [2.45, 2.75) is 75.6 Å². The zero-order chi connectivity index (χ0) is 26.4. The van der Waals surface area contributed by atoms with Gasteiger partial charge in [-0.15, -0.1) is 0 Å². The Morgan fingerprint density at radius 3 is 2.43 bits per heavy atom. The van der Waals surface area contributed by atoms with Gasteiger partial charge in [-0.1, -0.05) is 41.9 Å². The summed E-state index contributed by atoms with van der Waals surface area (Å²) in [7, 11) is 0. The highest BCUT2D eigenvalue weighted by Crippen LogP contribution is 2.49. The lowest BCUT2D eigenvalue weighted by atomic mass is 9.67. The Labute approximate surface area is 213 Å². The second-order valence-corrected chi connectivity index (χ2v) is 10.9. The Bertz CT molecular complexity index is 1250. The molecule has 0 aliphatic heterocycles. The van der Waals surface area contributed by atoms with Crippen LogP contribution in [-0.2, 0) is 16.3 Å². The van der Waals surface area contributed by atoms with Gasteiger partial charge >= 0.3 is 12.3 Å².